The van der Waals surface area contributed by atoms with E-state index in [-0.39, 0.29) is 5.41 Å². The van der Waals surface area contributed by atoms with Gasteiger partial charge in [0.1, 0.15) is 0 Å². The van der Waals surface area contributed by atoms with Gasteiger partial charge in [0.15, 0.2) is 5.82 Å². The summed E-state index contributed by atoms with van der Waals surface area (Å²) in [5, 5.41) is 4.06. The van der Waals surface area contributed by atoms with Crippen LogP contribution < -0.4 is 0 Å². The predicted octanol–water partition coefficient (Wildman–Crippen LogP) is 1.84. The van der Waals surface area contributed by atoms with E-state index < -0.39 is 0 Å². The smallest absolute Gasteiger partial charge is 0.235 e. The molecule has 3 fully saturated rings. The Hall–Kier alpha value is -1.16. The minimum atomic E-state index is 0.178. The van der Waals surface area contributed by atoms with E-state index in [1.807, 2.05) is 19.9 Å². The van der Waals surface area contributed by atoms with E-state index in [0.29, 0.717) is 0 Å². The second kappa shape index (κ2) is 3.42. The minimum absolute atomic E-state index is 0.178. The number of allylic oxidation sites excluding steroid dienone is 2. The Morgan fingerprint density at radius 1 is 1.50 bits per heavy atom. The average Bonchev–Trinajstić information content (AvgIpc) is 2.77. The van der Waals surface area contributed by atoms with Crippen molar-refractivity contribution in [2.75, 3.05) is 19.6 Å². The SMILES string of the molecule is C/C=C(\C)c1noc(C23CCCN(C2)C3)n1. The number of hydrogen-bond acceptors (Lipinski definition) is 4. The van der Waals surface area contributed by atoms with Crippen LogP contribution in [0.3, 0.4) is 0 Å². The Morgan fingerprint density at radius 2 is 2.31 bits per heavy atom. The van der Waals surface area contributed by atoms with Gasteiger partial charge in [-0.05, 0) is 38.8 Å². The molecular weight excluding hydrogens is 202 g/mol. The number of rotatable bonds is 2. The van der Waals surface area contributed by atoms with Crippen molar-refractivity contribution >= 4 is 5.57 Å². The summed E-state index contributed by atoms with van der Waals surface area (Å²) in [5.74, 6) is 1.59. The molecule has 1 aromatic heterocycles. The van der Waals surface area contributed by atoms with Crippen LogP contribution in [0, 0.1) is 0 Å². The van der Waals surface area contributed by atoms with Gasteiger partial charge in [-0.1, -0.05) is 11.2 Å². The lowest BCUT2D eigenvalue weighted by atomic mass is 9.72. The average molecular weight is 219 g/mol. The first kappa shape index (κ1) is 10.0. The van der Waals surface area contributed by atoms with E-state index in [1.165, 1.54) is 19.4 Å². The molecule has 86 valence electrons. The summed E-state index contributed by atoms with van der Waals surface area (Å²) in [7, 11) is 0. The predicted molar refractivity (Wildman–Crippen MR) is 61.0 cm³/mol. The molecule has 2 bridgehead atoms. The fourth-order valence-electron chi connectivity index (χ4n) is 2.74. The first-order valence-electron chi connectivity index (χ1n) is 5.93. The molecule has 4 nitrogen and oxygen atoms in total. The summed E-state index contributed by atoms with van der Waals surface area (Å²) in [6.07, 6.45) is 4.46. The Labute approximate surface area is 95.3 Å². The van der Waals surface area contributed by atoms with Crippen LogP contribution in [0.15, 0.2) is 10.6 Å². The maximum absolute atomic E-state index is 5.44. The number of nitrogens with zero attached hydrogens (tertiary/aromatic N) is 3. The molecule has 3 aliphatic rings. The lowest BCUT2D eigenvalue weighted by Gasteiger charge is -2.52. The zero-order valence-electron chi connectivity index (χ0n) is 9.86. The zero-order valence-corrected chi connectivity index (χ0v) is 9.86. The van der Waals surface area contributed by atoms with Crippen molar-refractivity contribution in [3.8, 4) is 0 Å². The second-order valence-electron chi connectivity index (χ2n) is 4.99. The molecule has 0 aliphatic carbocycles. The van der Waals surface area contributed by atoms with Crippen molar-refractivity contribution in [3.63, 3.8) is 0 Å². The van der Waals surface area contributed by atoms with Crippen LogP contribution in [-0.2, 0) is 5.41 Å². The standard InChI is InChI=1S/C12H17N3O/c1-3-9(2)10-13-11(16-14-10)12-5-4-6-15(7-12)8-12/h3H,4-8H2,1-2H3/b9-3+. The lowest BCUT2D eigenvalue weighted by molar-refractivity contribution is -0.00680. The maximum Gasteiger partial charge on any atom is 0.235 e. The molecule has 0 aromatic carbocycles. The van der Waals surface area contributed by atoms with Gasteiger partial charge in [0, 0.05) is 13.1 Å². The van der Waals surface area contributed by atoms with E-state index in [0.717, 1.165) is 30.4 Å². The minimum Gasteiger partial charge on any atom is -0.338 e. The highest BCUT2D eigenvalue weighted by Gasteiger charge is 2.50. The highest BCUT2D eigenvalue weighted by atomic mass is 16.5. The van der Waals surface area contributed by atoms with Crippen molar-refractivity contribution in [1.29, 1.82) is 0 Å². The van der Waals surface area contributed by atoms with Crippen LogP contribution in [-0.4, -0.2) is 34.7 Å². The van der Waals surface area contributed by atoms with Gasteiger partial charge >= 0.3 is 0 Å². The molecule has 0 amide bonds. The van der Waals surface area contributed by atoms with Crippen LogP contribution in [0.1, 0.15) is 38.4 Å². The lowest BCUT2D eigenvalue weighted by Crippen LogP contribution is -2.63. The quantitative estimate of drug-likeness (QED) is 0.761. The van der Waals surface area contributed by atoms with Crippen LogP contribution >= 0.6 is 0 Å². The Morgan fingerprint density at radius 3 is 2.94 bits per heavy atom. The third kappa shape index (κ3) is 1.33. The molecule has 0 radical (unpaired) electrons. The molecule has 0 atom stereocenters. The fourth-order valence-corrected chi connectivity index (χ4v) is 2.74. The largest absolute Gasteiger partial charge is 0.338 e. The molecule has 4 heteroatoms. The van der Waals surface area contributed by atoms with Gasteiger partial charge < -0.3 is 9.42 Å². The van der Waals surface area contributed by atoms with Crippen molar-refractivity contribution in [3.05, 3.63) is 17.8 Å². The van der Waals surface area contributed by atoms with Gasteiger partial charge in [0.25, 0.3) is 0 Å². The van der Waals surface area contributed by atoms with Crippen LogP contribution in [0.25, 0.3) is 5.57 Å². The molecule has 3 saturated heterocycles. The van der Waals surface area contributed by atoms with Gasteiger partial charge in [-0.25, -0.2) is 0 Å². The van der Waals surface area contributed by atoms with Gasteiger partial charge in [-0.3, -0.25) is 0 Å². The molecule has 16 heavy (non-hydrogen) atoms. The zero-order chi connectivity index (χ0) is 11.2. The van der Waals surface area contributed by atoms with E-state index in [9.17, 15) is 0 Å². The molecule has 0 saturated carbocycles. The topological polar surface area (TPSA) is 42.2 Å². The molecule has 0 unspecified atom stereocenters. The monoisotopic (exact) mass is 219 g/mol. The van der Waals surface area contributed by atoms with Gasteiger partial charge in [-0.2, -0.15) is 4.98 Å². The van der Waals surface area contributed by atoms with E-state index >= 15 is 0 Å². The first-order chi connectivity index (χ1) is 7.73. The Balaban J connectivity index is 1.88. The summed E-state index contributed by atoms with van der Waals surface area (Å²) in [6, 6.07) is 0. The number of aromatic nitrogens is 2. The number of fused-ring (bicyclic) bond motifs is 2. The number of hydrogen-bond donors (Lipinski definition) is 0. The summed E-state index contributed by atoms with van der Waals surface area (Å²) in [4.78, 5) is 7.00. The van der Waals surface area contributed by atoms with Crippen molar-refractivity contribution in [1.82, 2.24) is 15.0 Å². The second-order valence-corrected chi connectivity index (χ2v) is 4.99. The van der Waals surface area contributed by atoms with Crippen LogP contribution in [0.4, 0.5) is 0 Å². The molecule has 1 aromatic rings. The van der Waals surface area contributed by atoms with Crippen LogP contribution in [0.2, 0.25) is 0 Å². The Kier molecular flexibility index (Phi) is 2.14. The molecule has 4 heterocycles. The maximum atomic E-state index is 5.44. The fraction of sp³-hybridized carbons (Fsp3) is 0.667. The van der Waals surface area contributed by atoms with Crippen LogP contribution in [0.5, 0.6) is 0 Å². The highest BCUT2D eigenvalue weighted by Crippen LogP contribution is 2.41. The van der Waals surface area contributed by atoms with E-state index in [2.05, 4.69) is 15.0 Å². The molecular formula is C12H17N3O. The summed E-state index contributed by atoms with van der Waals surface area (Å²) in [5.41, 5.74) is 1.26. The molecule has 3 aliphatic heterocycles. The van der Waals surface area contributed by atoms with E-state index in [1.54, 1.807) is 0 Å². The van der Waals surface area contributed by atoms with Crippen molar-refractivity contribution in [2.24, 2.45) is 0 Å². The summed E-state index contributed by atoms with van der Waals surface area (Å²) >= 11 is 0. The van der Waals surface area contributed by atoms with Gasteiger partial charge in [0.2, 0.25) is 5.89 Å². The highest BCUT2D eigenvalue weighted by molar-refractivity contribution is 5.56. The third-order valence-electron chi connectivity index (χ3n) is 3.85. The third-order valence-corrected chi connectivity index (χ3v) is 3.85. The Bertz CT molecular complexity index is 424. The van der Waals surface area contributed by atoms with Crippen molar-refractivity contribution < 1.29 is 4.52 Å². The number of piperidine rings is 2. The summed E-state index contributed by atoms with van der Waals surface area (Å²) < 4.78 is 5.44. The summed E-state index contributed by atoms with van der Waals surface area (Å²) in [6.45, 7) is 7.44. The normalized spacial score (nSPS) is 33.6. The molecule has 4 rings (SSSR count). The van der Waals surface area contributed by atoms with Gasteiger partial charge in [0.05, 0.1) is 5.41 Å². The van der Waals surface area contributed by atoms with E-state index in [4.69, 9.17) is 4.52 Å². The first-order valence-corrected chi connectivity index (χ1v) is 5.93. The van der Waals surface area contributed by atoms with Crippen molar-refractivity contribution in [2.45, 2.75) is 32.1 Å². The van der Waals surface area contributed by atoms with Gasteiger partial charge in [-0.15, -0.1) is 0 Å². The molecule has 0 N–H and O–H groups in total. The molecule has 0 spiro atoms.